The van der Waals surface area contributed by atoms with E-state index >= 15 is 0 Å². The lowest BCUT2D eigenvalue weighted by Crippen LogP contribution is -2.23. The minimum absolute atomic E-state index is 0.127. The number of aromatic nitrogens is 3. The standard InChI is InChI=1S/C17H23N5O4S/c1-4-5-6-9-21-11-18-20-17(21)27-12(2)16(23)19-14-8-7-13(26-3)10-15(14)22(24)25/h7-8,10-12H,4-6,9H2,1-3H3,(H,19,23)/t12-/m0/s1. The van der Waals surface area contributed by atoms with Gasteiger partial charge in [0.25, 0.3) is 5.69 Å². The van der Waals surface area contributed by atoms with Crippen LogP contribution in [0.15, 0.2) is 29.7 Å². The van der Waals surface area contributed by atoms with Crippen molar-refractivity contribution >= 4 is 29.0 Å². The number of nitrogens with one attached hydrogen (secondary N) is 1. The van der Waals surface area contributed by atoms with Gasteiger partial charge in [-0.2, -0.15) is 0 Å². The summed E-state index contributed by atoms with van der Waals surface area (Å²) in [6.45, 7) is 4.65. The van der Waals surface area contributed by atoms with Gasteiger partial charge in [-0.05, 0) is 25.5 Å². The molecule has 0 saturated carbocycles. The lowest BCUT2D eigenvalue weighted by Gasteiger charge is -2.13. The lowest BCUT2D eigenvalue weighted by molar-refractivity contribution is -0.384. The zero-order valence-corrected chi connectivity index (χ0v) is 16.4. The minimum atomic E-state index is -0.555. The van der Waals surface area contributed by atoms with Crippen LogP contribution in [0.1, 0.15) is 33.1 Å². The van der Waals surface area contributed by atoms with Gasteiger partial charge in [0, 0.05) is 6.54 Å². The predicted octanol–water partition coefficient (Wildman–Crippen LogP) is 3.50. The van der Waals surface area contributed by atoms with Gasteiger partial charge in [-0.1, -0.05) is 31.5 Å². The highest BCUT2D eigenvalue weighted by Gasteiger charge is 2.22. The van der Waals surface area contributed by atoms with E-state index in [1.54, 1.807) is 19.3 Å². The maximum absolute atomic E-state index is 12.5. The molecule has 27 heavy (non-hydrogen) atoms. The number of nitrogens with zero attached hydrogens (tertiary/aromatic N) is 4. The summed E-state index contributed by atoms with van der Waals surface area (Å²) in [6.07, 6.45) is 4.89. The van der Waals surface area contributed by atoms with Gasteiger partial charge in [-0.3, -0.25) is 14.9 Å². The third-order valence-corrected chi connectivity index (χ3v) is 4.99. The number of hydrogen-bond donors (Lipinski definition) is 1. The van der Waals surface area contributed by atoms with Crippen LogP contribution in [-0.4, -0.2) is 38.0 Å². The molecule has 0 fully saturated rings. The molecule has 9 nitrogen and oxygen atoms in total. The Kier molecular flexibility index (Phi) is 7.59. The van der Waals surface area contributed by atoms with Crippen molar-refractivity contribution in [3.8, 4) is 5.75 Å². The van der Waals surface area contributed by atoms with Gasteiger partial charge in [0.05, 0.1) is 23.3 Å². The molecule has 0 radical (unpaired) electrons. The van der Waals surface area contributed by atoms with E-state index in [0.29, 0.717) is 10.9 Å². The number of benzene rings is 1. The van der Waals surface area contributed by atoms with Crippen molar-refractivity contribution < 1.29 is 14.5 Å². The topological polar surface area (TPSA) is 112 Å². The first kappa shape index (κ1) is 20.7. The van der Waals surface area contributed by atoms with Crippen LogP contribution < -0.4 is 10.1 Å². The van der Waals surface area contributed by atoms with Gasteiger partial charge in [0.1, 0.15) is 17.8 Å². The van der Waals surface area contributed by atoms with Crippen LogP contribution >= 0.6 is 11.8 Å². The second kappa shape index (κ2) is 9.91. The van der Waals surface area contributed by atoms with Crippen molar-refractivity contribution in [3.63, 3.8) is 0 Å². The fraction of sp³-hybridized carbons (Fsp3) is 0.471. The summed E-state index contributed by atoms with van der Waals surface area (Å²) in [6, 6.07) is 4.29. The van der Waals surface area contributed by atoms with E-state index < -0.39 is 10.2 Å². The molecule has 146 valence electrons. The first-order valence-electron chi connectivity index (χ1n) is 8.64. The number of unbranched alkanes of at least 4 members (excludes halogenated alkanes) is 2. The summed E-state index contributed by atoms with van der Waals surface area (Å²) < 4.78 is 6.91. The molecular weight excluding hydrogens is 370 g/mol. The summed E-state index contributed by atoms with van der Waals surface area (Å²) in [7, 11) is 1.42. The molecule has 2 rings (SSSR count). The molecule has 0 aliphatic rings. The lowest BCUT2D eigenvalue weighted by atomic mass is 10.2. The molecule has 0 bridgehead atoms. The number of carbonyl (C=O) groups excluding carboxylic acids is 1. The number of ether oxygens (including phenoxy) is 1. The fourth-order valence-corrected chi connectivity index (χ4v) is 3.21. The quantitative estimate of drug-likeness (QED) is 0.284. The van der Waals surface area contributed by atoms with Crippen LogP contribution in [-0.2, 0) is 11.3 Å². The largest absolute Gasteiger partial charge is 0.496 e. The maximum Gasteiger partial charge on any atom is 0.296 e. The van der Waals surface area contributed by atoms with Gasteiger partial charge in [0.15, 0.2) is 5.16 Å². The molecule has 10 heteroatoms. The van der Waals surface area contributed by atoms with Crippen molar-refractivity contribution in [3.05, 3.63) is 34.6 Å². The number of thioether (sulfide) groups is 1. The van der Waals surface area contributed by atoms with Crippen molar-refractivity contribution in [2.45, 2.75) is 50.1 Å². The van der Waals surface area contributed by atoms with Gasteiger partial charge >= 0.3 is 0 Å². The van der Waals surface area contributed by atoms with E-state index in [2.05, 4.69) is 22.4 Å². The monoisotopic (exact) mass is 393 g/mol. The number of nitro groups is 1. The molecule has 0 spiro atoms. The number of nitro benzene ring substituents is 1. The molecule has 1 aromatic carbocycles. The Balaban J connectivity index is 2.04. The zero-order chi connectivity index (χ0) is 19.8. The Morgan fingerprint density at radius 2 is 2.22 bits per heavy atom. The average Bonchev–Trinajstić information content (AvgIpc) is 3.09. The number of anilines is 1. The average molecular weight is 393 g/mol. The van der Waals surface area contributed by atoms with Crippen LogP contribution in [0, 0.1) is 10.1 Å². The van der Waals surface area contributed by atoms with E-state index in [0.717, 1.165) is 25.8 Å². The summed E-state index contributed by atoms with van der Waals surface area (Å²) in [5, 5.41) is 22.0. The summed E-state index contributed by atoms with van der Waals surface area (Å²) in [5.74, 6) is -0.00122. The minimum Gasteiger partial charge on any atom is -0.496 e. The van der Waals surface area contributed by atoms with Crippen LogP contribution in [0.3, 0.4) is 0 Å². The van der Waals surface area contributed by atoms with Gasteiger partial charge in [-0.15, -0.1) is 10.2 Å². The summed E-state index contributed by atoms with van der Waals surface area (Å²) >= 11 is 1.27. The third-order valence-electron chi connectivity index (χ3n) is 3.89. The Hall–Kier alpha value is -2.62. The van der Waals surface area contributed by atoms with E-state index in [9.17, 15) is 14.9 Å². The van der Waals surface area contributed by atoms with Crippen molar-refractivity contribution in [1.29, 1.82) is 0 Å². The first-order valence-corrected chi connectivity index (χ1v) is 9.52. The highest BCUT2D eigenvalue weighted by atomic mass is 32.2. The predicted molar refractivity (Wildman–Crippen MR) is 103 cm³/mol. The molecule has 0 unspecified atom stereocenters. The number of amides is 1. The molecule has 0 saturated heterocycles. The SMILES string of the molecule is CCCCCn1cnnc1S[C@@H](C)C(=O)Nc1ccc(OC)cc1[N+](=O)[O-]. The van der Waals surface area contributed by atoms with E-state index in [1.807, 2.05) is 4.57 Å². The third kappa shape index (κ3) is 5.68. The molecule has 1 amide bonds. The molecular formula is C17H23N5O4S. The number of methoxy groups -OCH3 is 1. The summed E-state index contributed by atoms with van der Waals surface area (Å²) in [5.41, 5.74) is -0.0923. The highest BCUT2D eigenvalue weighted by molar-refractivity contribution is 8.00. The van der Waals surface area contributed by atoms with Gasteiger partial charge in [-0.25, -0.2) is 0 Å². The molecule has 2 aromatic rings. The Morgan fingerprint density at radius 1 is 1.44 bits per heavy atom. The van der Waals surface area contributed by atoms with Crippen LogP contribution in [0.5, 0.6) is 5.75 Å². The second-order valence-corrected chi connectivity index (χ2v) is 7.21. The Morgan fingerprint density at radius 3 is 2.89 bits per heavy atom. The van der Waals surface area contributed by atoms with Gasteiger partial charge < -0.3 is 14.6 Å². The Bertz CT molecular complexity index is 795. The molecule has 1 heterocycles. The van der Waals surface area contributed by atoms with Gasteiger partial charge in [0.2, 0.25) is 5.91 Å². The first-order chi connectivity index (χ1) is 13.0. The number of carbonyl (C=O) groups is 1. The van der Waals surface area contributed by atoms with E-state index in [-0.39, 0.29) is 17.3 Å². The van der Waals surface area contributed by atoms with Crippen molar-refractivity contribution in [2.24, 2.45) is 0 Å². The number of rotatable bonds is 10. The molecule has 0 aliphatic heterocycles. The molecule has 1 N–H and O–H groups in total. The van der Waals surface area contributed by atoms with Crippen LogP contribution in [0.2, 0.25) is 0 Å². The zero-order valence-electron chi connectivity index (χ0n) is 15.5. The number of hydrogen-bond acceptors (Lipinski definition) is 7. The highest BCUT2D eigenvalue weighted by Crippen LogP contribution is 2.30. The molecule has 1 aromatic heterocycles. The van der Waals surface area contributed by atoms with Crippen molar-refractivity contribution in [2.75, 3.05) is 12.4 Å². The van der Waals surface area contributed by atoms with Crippen molar-refractivity contribution in [1.82, 2.24) is 14.8 Å². The molecule has 0 aliphatic carbocycles. The Labute approximate surface area is 161 Å². The van der Waals surface area contributed by atoms with Crippen LogP contribution in [0.25, 0.3) is 0 Å². The molecule has 1 atom stereocenters. The fourth-order valence-electron chi connectivity index (χ4n) is 2.36. The number of aryl methyl sites for hydroxylation is 1. The smallest absolute Gasteiger partial charge is 0.296 e. The second-order valence-electron chi connectivity index (χ2n) is 5.90. The normalized spacial score (nSPS) is 11.8. The maximum atomic E-state index is 12.5. The van der Waals surface area contributed by atoms with E-state index in [1.165, 1.54) is 31.0 Å². The summed E-state index contributed by atoms with van der Waals surface area (Å²) in [4.78, 5) is 23.2. The van der Waals surface area contributed by atoms with Crippen LogP contribution in [0.4, 0.5) is 11.4 Å². The van der Waals surface area contributed by atoms with E-state index in [4.69, 9.17) is 4.74 Å².